The number of amides is 1. The summed E-state index contributed by atoms with van der Waals surface area (Å²) in [4.78, 5) is 11.8. The van der Waals surface area contributed by atoms with Gasteiger partial charge < -0.3 is 5.32 Å². The number of allylic oxidation sites excluding steroid dienone is 1. The predicted molar refractivity (Wildman–Crippen MR) is 64.2 cm³/mol. The summed E-state index contributed by atoms with van der Waals surface area (Å²) in [5, 5.41) is 10.6. The first kappa shape index (κ1) is 11.8. The molecule has 92 valence electrons. The number of aromatic nitrogens is 3. The van der Waals surface area contributed by atoms with Crippen LogP contribution in [0.4, 0.5) is 0 Å². The van der Waals surface area contributed by atoms with Crippen molar-refractivity contribution in [1.29, 1.82) is 0 Å². The number of hydrogen-bond donors (Lipinski definition) is 1. The third-order valence-electron chi connectivity index (χ3n) is 3.08. The largest absolute Gasteiger partial charge is 0.351 e. The highest BCUT2D eigenvalue weighted by atomic mass is 16.1. The van der Waals surface area contributed by atoms with E-state index in [2.05, 4.69) is 34.7 Å². The molecule has 1 amide bonds. The molecule has 17 heavy (non-hydrogen) atoms. The van der Waals surface area contributed by atoms with Gasteiger partial charge in [0, 0.05) is 18.2 Å². The van der Waals surface area contributed by atoms with Gasteiger partial charge in [-0.1, -0.05) is 17.4 Å². The molecule has 2 rings (SSSR count). The molecule has 0 aromatic carbocycles. The average Bonchev–Trinajstić information content (AvgIpc) is 2.79. The molecule has 5 nitrogen and oxygen atoms in total. The Balaban J connectivity index is 1.79. The van der Waals surface area contributed by atoms with E-state index in [-0.39, 0.29) is 11.4 Å². The molecular formula is C12H18N4O. The van der Waals surface area contributed by atoms with Gasteiger partial charge in [0.1, 0.15) is 0 Å². The zero-order valence-electron chi connectivity index (χ0n) is 10.1. The van der Waals surface area contributed by atoms with Crippen molar-refractivity contribution in [3.05, 3.63) is 24.5 Å². The Bertz CT molecular complexity index is 399. The van der Waals surface area contributed by atoms with Crippen LogP contribution in [0.2, 0.25) is 0 Å². The quantitative estimate of drug-likeness (QED) is 0.798. The lowest BCUT2D eigenvalue weighted by Crippen LogP contribution is -2.46. The fraction of sp³-hybridized carbons (Fsp3) is 0.583. The maximum atomic E-state index is 11.8. The average molecular weight is 234 g/mol. The molecule has 1 unspecified atom stereocenters. The summed E-state index contributed by atoms with van der Waals surface area (Å²) < 4.78 is 1.67. The molecule has 0 saturated heterocycles. The molecule has 1 heterocycles. The first-order valence-electron chi connectivity index (χ1n) is 5.98. The monoisotopic (exact) mass is 234 g/mol. The number of aryl methyl sites for hydroxylation is 1. The van der Waals surface area contributed by atoms with Crippen LogP contribution in [0, 0.1) is 0 Å². The van der Waals surface area contributed by atoms with E-state index in [0.717, 1.165) is 19.3 Å². The third-order valence-corrected chi connectivity index (χ3v) is 3.08. The van der Waals surface area contributed by atoms with E-state index in [9.17, 15) is 4.79 Å². The van der Waals surface area contributed by atoms with Crippen LogP contribution in [-0.4, -0.2) is 26.4 Å². The van der Waals surface area contributed by atoms with E-state index >= 15 is 0 Å². The van der Waals surface area contributed by atoms with Crippen molar-refractivity contribution < 1.29 is 4.79 Å². The van der Waals surface area contributed by atoms with E-state index in [1.54, 1.807) is 17.1 Å². The number of nitrogens with one attached hydrogen (secondary N) is 1. The molecule has 1 aromatic heterocycles. The van der Waals surface area contributed by atoms with Gasteiger partial charge in [-0.05, 0) is 26.2 Å². The smallest absolute Gasteiger partial charge is 0.222 e. The van der Waals surface area contributed by atoms with Crippen LogP contribution in [0.5, 0.6) is 0 Å². The molecule has 1 aliphatic carbocycles. The van der Waals surface area contributed by atoms with Crippen LogP contribution in [0.25, 0.3) is 0 Å². The zero-order valence-corrected chi connectivity index (χ0v) is 10.1. The molecule has 5 heteroatoms. The Hall–Kier alpha value is -1.65. The van der Waals surface area contributed by atoms with E-state index in [1.165, 1.54) is 0 Å². The lowest BCUT2D eigenvalue weighted by atomic mass is 9.87. The highest BCUT2D eigenvalue weighted by Crippen LogP contribution is 2.22. The minimum absolute atomic E-state index is 0.0752. The highest BCUT2D eigenvalue weighted by molar-refractivity contribution is 5.76. The predicted octanol–water partition coefficient (Wildman–Crippen LogP) is 1.28. The van der Waals surface area contributed by atoms with Crippen molar-refractivity contribution in [3.63, 3.8) is 0 Å². The Morgan fingerprint density at radius 3 is 3.06 bits per heavy atom. The van der Waals surface area contributed by atoms with Crippen LogP contribution in [0.15, 0.2) is 24.5 Å². The van der Waals surface area contributed by atoms with Crippen molar-refractivity contribution in [1.82, 2.24) is 20.3 Å². The molecule has 0 bridgehead atoms. The van der Waals surface area contributed by atoms with Gasteiger partial charge in [0.05, 0.1) is 12.7 Å². The summed E-state index contributed by atoms with van der Waals surface area (Å²) in [6, 6.07) is 0. The molecule has 1 aliphatic rings. The Kier molecular flexibility index (Phi) is 3.56. The van der Waals surface area contributed by atoms with Crippen LogP contribution in [0.1, 0.15) is 32.6 Å². The van der Waals surface area contributed by atoms with E-state index in [0.29, 0.717) is 13.0 Å². The number of carbonyl (C=O) groups is 1. The van der Waals surface area contributed by atoms with Crippen molar-refractivity contribution in [2.45, 2.75) is 44.7 Å². The van der Waals surface area contributed by atoms with Crippen molar-refractivity contribution in [2.24, 2.45) is 0 Å². The van der Waals surface area contributed by atoms with E-state index < -0.39 is 0 Å². The van der Waals surface area contributed by atoms with Gasteiger partial charge in [-0.3, -0.25) is 9.48 Å². The molecule has 0 aliphatic heterocycles. The van der Waals surface area contributed by atoms with Crippen molar-refractivity contribution in [2.75, 3.05) is 0 Å². The summed E-state index contributed by atoms with van der Waals surface area (Å²) in [7, 11) is 0. The Morgan fingerprint density at radius 2 is 2.41 bits per heavy atom. The van der Waals surface area contributed by atoms with Crippen LogP contribution >= 0.6 is 0 Å². The third kappa shape index (κ3) is 3.41. The molecule has 1 atom stereocenters. The zero-order chi connectivity index (χ0) is 12.1. The second-order valence-electron chi connectivity index (χ2n) is 4.74. The maximum absolute atomic E-state index is 11.8. The standard InChI is InChI=1S/C12H18N4O/c1-12(6-3-2-4-7-12)14-11(17)5-9-16-10-8-13-15-16/h2-3,8,10H,4-7,9H2,1H3,(H,14,17). The lowest BCUT2D eigenvalue weighted by molar-refractivity contribution is -0.123. The fourth-order valence-electron chi connectivity index (χ4n) is 2.05. The van der Waals surface area contributed by atoms with Crippen LogP contribution < -0.4 is 5.32 Å². The van der Waals surface area contributed by atoms with Gasteiger partial charge in [0.25, 0.3) is 0 Å². The minimum Gasteiger partial charge on any atom is -0.351 e. The number of hydrogen-bond acceptors (Lipinski definition) is 3. The van der Waals surface area contributed by atoms with E-state index in [1.807, 2.05) is 0 Å². The minimum atomic E-state index is -0.0752. The summed E-state index contributed by atoms with van der Waals surface area (Å²) in [5.74, 6) is 0.0818. The van der Waals surface area contributed by atoms with Gasteiger partial charge in [0.2, 0.25) is 5.91 Å². The number of carbonyl (C=O) groups excluding carboxylic acids is 1. The molecule has 0 spiro atoms. The molecule has 0 fully saturated rings. The summed E-state index contributed by atoms with van der Waals surface area (Å²) in [5.41, 5.74) is -0.0752. The first-order valence-corrected chi connectivity index (χ1v) is 5.98. The van der Waals surface area contributed by atoms with Gasteiger partial charge in [-0.2, -0.15) is 0 Å². The number of nitrogens with zero attached hydrogens (tertiary/aromatic N) is 3. The fourth-order valence-corrected chi connectivity index (χ4v) is 2.05. The highest BCUT2D eigenvalue weighted by Gasteiger charge is 2.25. The molecular weight excluding hydrogens is 216 g/mol. The topological polar surface area (TPSA) is 59.8 Å². The van der Waals surface area contributed by atoms with Crippen molar-refractivity contribution >= 4 is 5.91 Å². The van der Waals surface area contributed by atoms with Gasteiger partial charge in [0.15, 0.2) is 0 Å². The van der Waals surface area contributed by atoms with Crippen LogP contribution in [0.3, 0.4) is 0 Å². The SMILES string of the molecule is CC1(NC(=O)CCn2ccnn2)CC=CCC1. The van der Waals surface area contributed by atoms with Crippen LogP contribution in [-0.2, 0) is 11.3 Å². The summed E-state index contributed by atoms with van der Waals surface area (Å²) >= 11 is 0. The summed E-state index contributed by atoms with van der Waals surface area (Å²) in [6.45, 7) is 2.68. The van der Waals surface area contributed by atoms with Gasteiger partial charge in [-0.25, -0.2) is 0 Å². The molecule has 1 N–H and O–H groups in total. The normalized spacial score (nSPS) is 23.6. The second kappa shape index (κ2) is 5.12. The van der Waals surface area contributed by atoms with Gasteiger partial charge in [-0.15, -0.1) is 5.10 Å². The first-order chi connectivity index (χ1) is 8.18. The maximum Gasteiger partial charge on any atom is 0.222 e. The van der Waals surface area contributed by atoms with Crippen molar-refractivity contribution in [3.8, 4) is 0 Å². The van der Waals surface area contributed by atoms with E-state index in [4.69, 9.17) is 0 Å². The summed E-state index contributed by atoms with van der Waals surface area (Å²) in [6.07, 6.45) is 11.1. The lowest BCUT2D eigenvalue weighted by Gasteiger charge is -2.31. The molecule has 0 radical (unpaired) electrons. The Labute approximate surface area is 101 Å². The second-order valence-corrected chi connectivity index (χ2v) is 4.74. The molecule has 1 aromatic rings. The number of rotatable bonds is 4. The Morgan fingerprint density at radius 1 is 1.53 bits per heavy atom. The van der Waals surface area contributed by atoms with Gasteiger partial charge >= 0.3 is 0 Å². The molecule has 0 saturated carbocycles.